The third-order valence-corrected chi connectivity index (χ3v) is 6.60. The Bertz CT molecular complexity index is 571. The van der Waals surface area contributed by atoms with Gasteiger partial charge in [0.2, 0.25) is 0 Å². The molecule has 0 heterocycles. The van der Waals surface area contributed by atoms with Gasteiger partial charge in [-0.25, -0.2) is 0 Å². The predicted octanol–water partition coefficient (Wildman–Crippen LogP) is 3.66. The molecule has 0 aromatic heterocycles. The maximum atomic E-state index is 12.4. The van der Waals surface area contributed by atoms with E-state index in [4.69, 9.17) is 0 Å². The van der Waals surface area contributed by atoms with E-state index in [2.05, 4.69) is 6.92 Å². The summed E-state index contributed by atoms with van der Waals surface area (Å²) in [5, 5.41) is 0. The Morgan fingerprint density at radius 2 is 1.95 bits per heavy atom. The van der Waals surface area contributed by atoms with Gasteiger partial charge in [0.15, 0.2) is 5.78 Å². The monoisotopic (exact) mass is 302 g/mol. The Morgan fingerprint density at radius 3 is 2.64 bits per heavy atom. The van der Waals surface area contributed by atoms with Crippen molar-refractivity contribution in [1.29, 1.82) is 0 Å². The molecule has 0 aliphatic heterocycles. The summed E-state index contributed by atoms with van der Waals surface area (Å²) < 4.78 is 0. The van der Waals surface area contributed by atoms with Gasteiger partial charge in [-0.1, -0.05) is 19.4 Å². The predicted molar refractivity (Wildman–Crippen MR) is 84.3 cm³/mol. The van der Waals surface area contributed by atoms with E-state index in [9.17, 15) is 14.4 Å². The maximum absolute atomic E-state index is 12.4. The summed E-state index contributed by atoms with van der Waals surface area (Å²) in [6, 6.07) is 0. The van der Waals surface area contributed by atoms with Gasteiger partial charge in [0, 0.05) is 24.2 Å². The Morgan fingerprint density at radius 1 is 1.23 bits per heavy atom. The number of Topliss-reactive ketones (excluding diaryl/α,β-unsaturated/α-hetero) is 3. The fourth-order valence-electron chi connectivity index (χ4n) is 4.95. The number of ketones is 3. The van der Waals surface area contributed by atoms with Crippen molar-refractivity contribution in [3.63, 3.8) is 0 Å². The van der Waals surface area contributed by atoms with E-state index in [1.165, 1.54) is 5.57 Å². The van der Waals surface area contributed by atoms with E-state index in [1.54, 1.807) is 6.92 Å². The first kappa shape index (κ1) is 15.6. The molecule has 2 fully saturated rings. The van der Waals surface area contributed by atoms with Crippen LogP contribution in [0.25, 0.3) is 0 Å². The Kier molecular flexibility index (Phi) is 3.86. The van der Waals surface area contributed by atoms with Crippen molar-refractivity contribution < 1.29 is 14.4 Å². The summed E-state index contributed by atoms with van der Waals surface area (Å²) in [4.78, 5) is 36.3. The minimum Gasteiger partial charge on any atom is -0.300 e. The molecule has 0 N–H and O–H groups in total. The lowest BCUT2D eigenvalue weighted by Crippen LogP contribution is -2.41. The zero-order chi connectivity index (χ0) is 16.1. The standard InChI is InChI=1S/C19H26O3/c1-11(12(2)20)10-15-13-8-9-19(3)16(5-7-18(19)22)14(13)4-6-17(15)21/h11,14,16H,4-10H2,1-3H3/t11?,14?,16?,19-/m0/s1. The van der Waals surface area contributed by atoms with Crippen molar-refractivity contribution in [3.8, 4) is 0 Å². The second-order valence-corrected chi connectivity index (χ2v) is 7.77. The highest BCUT2D eigenvalue weighted by Gasteiger charge is 2.53. The molecule has 3 rings (SSSR count). The Balaban J connectivity index is 1.94. The van der Waals surface area contributed by atoms with Crippen molar-refractivity contribution in [2.75, 3.05) is 0 Å². The minimum absolute atomic E-state index is 0.0799. The molecule has 3 nitrogen and oxygen atoms in total. The molecule has 0 bridgehead atoms. The third-order valence-electron chi connectivity index (χ3n) is 6.60. The normalized spacial score (nSPS) is 36.1. The van der Waals surface area contributed by atoms with Crippen molar-refractivity contribution in [2.24, 2.45) is 23.2 Å². The number of carbonyl (C=O) groups excluding carboxylic acids is 3. The van der Waals surface area contributed by atoms with Crippen molar-refractivity contribution in [2.45, 2.75) is 65.7 Å². The third kappa shape index (κ3) is 2.29. The number of fused-ring (bicyclic) bond motifs is 3. The van der Waals surface area contributed by atoms with Gasteiger partial charge >= 0.3 is 0 Å². The number of hydrogen-bond acceptors (Lipinski definition) is 3. The quantitative estimate of drug-likeness (QED) is 0.799. The van der Waals surface area contributed by atoms with E-state index in [0.29, 0.717) is 36.9 Å². The lowest BCUT2D eigenvalue weighted by atomic mass is 9.58. The van der Waals surface area contributed by atoms with Crippen LogP contribution >= 0.6 is 0 Å². The van der Waals surface area contributed by atoms with Crippen LogP contribution in [0.3, 0.4) is 0 Å². The van der Waals surface area contributed by atoms with Crippen LogP contribution < -0.4 is 0 Å². The molecule has 0 amide bonds. The van der Waals surface area contributed by atoms with Gasteiger partial charge < -0.3 is 0 Å². The fourth-order valence-corrected chi connectivity index (χ4v) is 4.95. The molecule has 3 unspecified atom stereocenters. The van der Waals surface area contributed by atoms with Crippen LogP contribution in [0.4, 0.5) is 0 Å². The largest absolute Gasteiger partial charge is 0.300 e. The SMILES string of the molecule is CC(=O)C(C)CC1=C2CC[C@]3(C)C(=O)CCC3C2CCC1=O. The van der Waals surface area contributed by atoms with Crippen LogP contribution in [0, 0.1) is 23.2 Å². The van der Waals surface area contributed by atoms with Gasteiger partial charge in [-0.15, -0.1) is 0 Å². The maximum Gasteiger partial charge on any atom is 0.158 e. The molecule has 22 heavy (non-hydrogen) atoms. The molecule has 120 valence electrons. The lowest BCUT2D eigenvalue weighted by Gasteiger charge is -2.45. The number of rotatable bonds is 3. The fraction of sp³-hybridized carbons (Fsp3) is 0.737. The zero-order valence-corrected chi connectivity index (χ0v) is 13.9. The summed E-state index contributed by atoms with van der Waals surface area (Å²) >= 11 is 0. The van der Waals surface area contributed by atoms with Gasteiger partial charge in [0.05, 0.1) is 0 Å². The first-order chi connectivity index (χ1) is 10.3. The first-order valence-electron chi connectivity index (χ1n) is 8.63. The number of carbonyl (C=O) groups is 3. The van der Waals surface area contributed by atoms with Gasteiger partial charge in [-0.3, -0.25) is 14.4 Å². The smallest absolute Gasteiger partial charge is 0.158 e. The van der Waals surface area contributed by atoms with E-state index in [1.807, 2.05) is 6.92 Å². The van der Waals surface area contributed by atoms with Crippen LogP contribution in [-0.4, -0.2) is 17.3 Å². The molecular weight excluding hydrogens is 276 g/mol. The first-order valence-corrected chi connectivity index (χ1v) is 8.63. The van der Waals surface area contributed by atoms with Crippen molar-refractivity contribution in [3.05, 3.63) is 11.1 Å². The van der Waals surface area contributed by atoms with Crippen LogP contribution in [-0.2, 0) is 14.4 Å². The van der Waals surface area contributed by atoms with E-state index < -0.39 is 0 Å². The average Bonchev–Trinajstić information content (AvgIpc) is 2.77. The highest BCUT2D eigenvalue weighted by molar-refractivity contribution is 5.98. The van der Waals surface area contributed by atoms with Crippen LogP contribution in [0.2, 0.25) is 0 Å². The van der Waals surface area contributed by atoms with E-state index in [-0.39, 0.29) is 22.9 Å². The summed E-state index contributed by atoms with van der Waals surface area (Å²) in [5.74, 6) is 1.55. The molecule has 0 aromatic rings. The summed E-state index contributed by atoms with van der Waals surface area (Å²) in [7, 11) is 0. The molecule has 4 atom stereocenters. The molecule has 0 spiro atoms. The lowest BCUT2D eigenvalue weighted by molar-refractivity contribution is -0.128. The number of allylic oxidation sites excluding steroid dienone is 2. The average molecular weight is 302 g/mol. The van der Waals surface area contributed by atoms with Gasteiger partial charge in [0.1, 0.15) is 11.6 Å². The summed E-state index contributed by atoms with van der Waals surface area (Å²) in [6.45, 7) is 5.66. The highest BCUT2D eigenvalue weighted by atomic mass is 16.1. The van der Waals surface area contributed by atoms with Crippen LogP contribution in [0.15, 0.2) is 11.1 Å². The molecule has 2 saturated carbocycles. The molecule has 3 heteroatoms. The minimum atomic E-state index is -0.161. The van der Waals surface area contributed by atoms with E-state index in [0.717, 1.165) is 31.3 Å². The topological polar surface area (TPSA) is 51.2 Å². The van der Waals surface area contributed by atoms with Crippen molar-refractivity contribution in [1.82, 2.24) is 0 Å². The van der Waals surface area contributed by atoms with E-state index >= 15 is 0 Å². The molecule has 0 radical (unpaired) electrons. The molecule has 3 aliphatic rings. The summed E-state index contributed by atoms with van der Waals surface area (Å²) in [5.41, 5.74) is 2.06. The Hall–Kier alpha value is -1.25. The van der Waals surface area contributed by atoms with Gasteiger partial charge in [-0.05, 0) is 56.4 Å². The molecule has 0 aromatic carbocycles. The Labute approximate surface area is 132 Å². The van der Waals surface area contributed by atoms with Crippen LogP contribution in [0.1, 0.15) is 65.7 Å². The molecule has 3 aliphatic carbocycles. The molecular formula is C19H26O3. The zero-order valence-electron chi connectivity index (χ0n) is 13.9. The highest BCUT2D eigenvalue weighted by Crippen LogP contribution is 2.57. The number of hydrogen-bond donors (Lipinski definition) is 0. The van der Waals surface area contributed by atoms with Crippen LogP contribution in [0.5, 0.6) is 0 Å². The second kappa shape index (κ2) is 5.43. The second-order valence-electron chi connectivity index (χ2n) is 7.77. The van der Waals surface area contributed by atoms with Gasteiger partial charge in [0.25, 0.3) is 0 Å². The summed E-state index contributed by atoms with van der Waals surface area (Å²) in [6.07, 6.45) is 5.53. The molecule has 0 saturated heterocycles. The van der Waals surface area contributed by atoms with Crippen molar-refractivity contribution >= 4 is 17.3 Å². The van der Waals surface area contributed by atoms with Gasteiger partial charge in [-0.2, -0.15) is 0 Å².